The molecule has 6 nitrogen and oxygen atoms in total. The zero-order chi connectivity index (χ0) is 21.5. The number of halogens is 1. The minimum atomic E-state index is -3.31. The van der Waals surface area contributed by atoms with E-state index in [1.54, 1.807) is 39.4 Å². The summed E-state index contributed by atoms with van der Waals surface area (Å²) in [6.07, 6.45) is 5.89. The molecular formula is C22H24FN3O3S. The van der Waals surface area contributed by atoms with Gasteiger partial charge in [0.1, 0.15) is 17.2 Å². The Hall–Kier alpha value is -2.87. The van der Waals surface area contributed by atoms with Crippen molar-refractivity contribution in [3.05, 3.63) is 60.3 Å². The van der Waals surface area contributed by atoms with E-state index >= 15 is 0 Å². The van der Waals surface area contributed by atoms with Crippen LogP contribution in [0.5, 0.6) is 5.75 Å². The molecule has 0 spiro atoms. The van der Waals surface area contributed by atoms with Crippen molar-refractivity contribution in [2.45, 2.75) is 31.4 Å². The maximum Gasteiger partial charge on any atom is 0.236 e. The van der Waals surface area contributed by atoms with E-state index < -0.39 is 15.3 Å². The summed E-state index contributed by atoms with van der Waals surface area (Å²) in [5.74, 6) is 0.284. The number of fused-ring (bicyclic) bond motifs is 1. The van der Waals surface area contributed by atoms with E-state index in [2.05, 4.69) is 9.97 Å². The molecule has 0 saturated heterocycles. The highest BCUT2D eigenvalue weighted by Gasteiger charge is 2.27. The second kappa shape index (κ2) is 7.75. The Bertz CT molecular complexity index is 1220. The number of allylic oxidation sites excluding steroid dienone is 1. The molecule has 4 rings (SSSR count). The van der Waals surface area contributed by atoms with E-state index in [-0.39, 0.29) is 11.7 Å². The van der Waals surface area contributed by atoms with Crippen molar-refractivity contribution >= 4 is 21.1 Å². The number of rotatable bonds is 5. The molecule has 0 amide bonds. The molecule has 0 aliphatic carbocycles. The van der Waals surface area contributed by atoms with Gasteiger partial charge in [0, 0.05) is 41.5 Å². The smallest absolute Gasteiger partial charge is 0.236 e. The number of methoxy groups -OCH3 is 1. The number of benzene rings is 1. The van der Waals surface area contributed by atoms with Crippen LogP contribution in [0.3, 0.4) is 0 Å². The highest BCUT2D eigenvalue weighted by molar-refractivity contribution is 7.89. The van der Waals surface area contributed by atoms with E-state index in [1.807, 2.05) is 18.2 Å². The summed E-state index contributed by atoms with van der Waals surface area (Å²) in [6.45, 7) is 3.79. The maximum atomic E-state index is 13.9. The molecule has 3 aromatic rings. The lowest BCUT2D eigenvalue weighted by atomic mass is 9.98. The van der Waals surface area contributed by atoms with Crippen LogP contribution in [0.4, 0.5) is 4.39 Å². The zero-order valence-electron chi connectivity index (χ0n) is 17.1. The van der Waals surface area contributed by atoms with Gasteiger partial charge < -0.3 is 9.72 Å². The number of sulfonamides is 1. The van der Waals surface area contributed by atoms with Gasteiger partial charge in [0.2, 0.25) is 10.0 Å². The van der Waals surface area contributed by atoms with E-state index in [1.165, 1.54) is 16.4 Å². The summed E-state index contributed by atoms with van der Waals surface area (Å²) >= 11 is 0. The van der Waals surface area contributed by atoms with Crippen molar-refractivity contribution in [1.29, 1.82) is 0 Å². The fraction of sp³-hybridized carbons (Fsp3) is 0.318. The summed E-state index contributed by atoms with van der Waals surface area (Å²) in [5.41, 5.74) is 3.11. The average molecular weight is 430 g/mol. The molecule has 1 N–H and O–H groups in total. The zero-order valence-corrected chi connectivity index (χ0v) is 17.9. The number of aromatic nitrogens is 2. The van der Waals surface area contributed by atoms with Gasteiger partial charge in [-0.05, 0) is 56.2 Å². The maximum absolute atomic E-state index is 13.9. The fourth-order valence-corrected chi connectivity index (χ4v) is 4.89. The van der Waals surface area contributed by atoms with Gasteiger partial charge in [0.05, 0.1) is 12.4 Å². The Morgan fingerprint density at radius 1 is 1.23 bits per heavy atom. The lowest BCUT2D eigenvalue weighted by molar-refractivity contribution is 0.415. The highest BCUT2D eigenvalue weighted by atomic mass is 32.2. The minimum Gasteiger partial charge on any atom is -0.496 e. The first-order valence-electron chi connectivity index (χ1n) is 9.81. The van der Waals surface area contributed by atoms with Gasteiger partial charge in [0.15, 0.2) is 0 Å². The molecule has 3 heterocycles. The quantitative estimate of drug-likeness (QED) is 0.652. The van der Waals surface area contributed by atoms with Crippen LogP contribution in [0, 0.1) is 5.82 Å². The summed E-state index contributed by atoms with van der Waals surface area (Å²) in [6, 6.07) is 8.27. The molecule has 0 bridgehead atoms. The summed E-state index contributed by atoms with van der Waals surface area (Å²) in [7, 11) is -1.75. The van der Waals surface area contributed by atoms with E-state index in [0.717, 1.165) is 16.6 Å². The van der Waals surface area contributed by atoms with E-state index in [0.29, 0.717) is 29.9 Å². The van der Waals surface area contributed by atoms with Gasteiger partial charge in [-0.15, -0.1) is 0 Å². The SMILES string of the molecule is COc1ccc(F)cc1-c1ccnc2[nH]c(C3C=CN(S(=O)(=O)C(C)C)CC3)cc12. The third-order valence-electron chi connectivity index (χ3n) is 5.47. The predicted molar refractivity (Wildman–Crippen MR) is 115 cm³/mol. The Labute approximate surface area is 175 Å². The molecule has 1 aliphatic rings. The first-order valence-corrected chi connectivity index (χ1v) is 11.3. The van der Waals surface area contributed by atoms with Gasteiger partial charge >= 0.3 is 0 Å². The fourth-order valence-electron chi connectivity index (χ4n) is 3.75. The second-order valence-corrected chi connectivity index (χ2v) is 10.1. The molecule has 1 unspecified atom stereocenters. The van der Waals surface area contributed by atoms with Crippen LogP contribution in [-0.2, 0) is 10.0 Å². The number of nitrogens with one attached hydrogen (secondary N) is 1. The minimum absolute atomic E-state index is 0.0417. The lowest BCUT2D eigenvalue weighted by Gasteiger charge is -2.28. The van der Waals surface area contributed by atoms with Crippen LogP contribution < -0.4 is 4.74 Å². The standard InChI is InChI=1S/C22H24FN3O3S/c1-14(2)30(27,28)26-10-7-15(8-11-26)20-13-19-17(6-9-24-22(19)25-20)18-12-16(23)4-5-21(18)29-3/h4-7,9-10,12-15H,8,11H2,1-3H3,(H,24,25). The summed E-state index contributed by atoms with van der Waals surface area (Å²) < 4.78 is 45.5. The van der Waals surface area contributed by atoms with E-state index in [4.69, 9.17) is 4.74 Å². The van der Waals surface area contributed by atoms with Crippen LogP contribution in [0.15, 0.2) is 48.8 Å². The molecule has 1 aromatic carbocycles. The van der Waals surface area contributed by atoms with Crippen molar-refractivity contribution in [1.82, 2.24) is 14.3 Å². The third kappa shape index (κ3) is 3.56. The number of hydrogen-bond acceptors (Lipinski definition) is 4. The van der Waals surface area contributed by atoms with Crippen LogP contribution in [-0.4, -0.2) is 41.6 Å². The first kappa shape index (κ1) is 20.4. The molecule has 1 aliphatic heterocycles. The van der Waals surface area contributed by atoms with Crippen LogP contribution >= 0.6 is 0 Å². The van der Waals surface area contributed by atoms with Gasteiger partial charge in [-0.1, -0.05) is 6.08 Å². The van der Waals surface area contributed by atoms with Gasteiger partial charge in [-0.2, -0.15) is 0 Å². The lowest BCUT2D eigenvalue weighted by Crippen LogP contribution is -2.35. The Balaban J connectivity index is 1.71. The van der Waals surface area contributed by atoms with Crippen molar-refractivity contribution in [3.8, 4) is 16.9 Å². The van der Waals surface area contributed by atoms with Gasteiger partial charge in [0.25, 0.3) is 0 Å². The summed E-state index contributed by atoms with van der Waals surface area (Å²) in [4.78, 5) is 7.76. The number of pyridine rings is 1. The first-order chi connectivity index (χ1) is 14.3. The number of nitrogens with zero attached hydrogens (tertiary/aromatic N) is 2. The molecular weight excluding hydrogens is 405 g/mol. The monoisotopic (exact) mass is 429 g/mol. The Morgan fingerprint density at radius 2 is 2.03 bits per heavy atom. The Kier molecular flexibility index (Phi) is 5.27. The molecule has 30 heavy (non-hydrogen) atoms. The summed E-state index contributed by atoms with van der Waals surface area (Å²) in [5, 5.41) is 0.404. The van der Waals surface area contributed by atoms with Crippen LogP contribution in [0.25, 0.3) is 22.2 Å². The van der Waals surface area contributed by atoms with Crippen molar-refractivity contribution < 1.29 is 17.5 Å². The van der Waals surface area contributed by atoms with Crippen molar-refractivity contribution in [2.75, 3.05) is 13.7 Å². The van der Waals surface area contributed by atoms with Gasteiger partial charge in [-0.25, -0.2) is 17.8 Å². The number of aromatic amines is 1. The van der Waals surface area contributed by atoms with Crippen molar-refractivity contribution in [3.63, 3.8) is 0 Å². The largest absolute Gasteiger partial charge is 0.496 e. The Morgan fingerprint density at radius 3 is 2.70 bits per heavy atom. The number of ether oxygens (including phenoxy) is 1. The molecule has 8 heteroatoms. The normalized spacial score (nSPS) is 17.1. The van der Waals surface area contributed by atoms with Crippen LogP contribution in [0.1, 0.15) is 31.9 Å². The molecule has 158 valence electrons. The van der Waals surface area contributed by atoms with E-state index in [9.17, 15) is 12.8 Å². The molecule has 2 aromatic heterocycles. The highest BCUT2D eigenvalue weighted by Crippen LogP contribution is 2.37. The second-order valence-electron chi connectivity index (χ2n) is 7.63. The average Bonchev–Trinajstić information content (AvgIpc) is 3.18. The molecule has 0 radical (unpaired) electrons. The number of hydrogen-bond donors (Lipinski definition) is 1. The van der Waals surface area contributed by atoms with Gasteiger partial charge in [-0.3, -0.25) is 4.31 Å². The molecule has 1 atom stereocenters. The van der Waals surface area contributed by atoms with Crippen molar-refractivity contribution in [2.24, 2.45) is 0 Å². The van der Waals surface area contributed by atoms with Crippen LogP contribution in [0.2, 0.25) is 0 Å². The number of H-pyrrole nitrogens is 1. The third-order valence-corrected chi connectivity index (χ3v) is 7.62. The molecule has 0 fully saturated rings. The topological polar surface area (TPSA) is 75.3 Å². The molecule has 0 saturated carbocycles. The predicted octanol–water partition coefficient (Wildman–Crippen LogP) is 4.42.